The van der Waals surface area contributed by atoms with Crippen molar-refractivity contribution in [3.63, 3.8) is 0 Å². The lowest BCUT2D eigenvalue weighted by molar-refractivity contribution is -0.147. The number of carbonyl (C=O) groups excluding carboxylic acids is 3. The van der Waals surface area contributed by atoms with Crippen LogP contribution in [-0.2, 0) is 25.5 Å². The molecule has 0 saturated heterocycles. The Morgan fingerprint density at radius 1 is 1.21 bits per heavy atom. The van der Waals surface area contributed by atoms with E-state index in [0.717, 1.165) is 5.56 Å². The Kier molecular flexibility index (Phi) is 6.16. The van der Waals surface area contributed by atoms with Gasteiger partial charge in [0, 0.05) is 18.0 Å². The van der Waals surface area contributed by atoms with Gasteiger partial charge in [0.25, 0.3) is 5.91 Å². The molecule has 2 aromatic rings. The number of esters is 1. The van der Waals surface area contributed by atoms with Crippen LogP contribution < -0.4 is 15.0 Å². The highest BCUT2D eigenvalue weighted by Gasteiger charge is 2.30. The number of nitrogens with one attached hydrogen (secondary N) is 1. The van der Waals surface area contributed by atoms with E-state index in [1.807, 2.05) is 19.1 Å². The molecule has 1 atom stereocenters. The monoisotopic (exact) mass is 396 g/mol. The van der Waals surface area contributed by atoms with Crippen molar-refractivity contribution in [3.05, 3.63) is 53.6 Å². The van der Waals surface area contributed by atoms with Gasteiger partial charge < -0.3 is 19.7 Å². The molecule has 0 fully saturated rings. The van der Waals surface area contributed by atoms with Gasteiger partial charge in [-0.05, 0) is 32.0 Å². The molecule has 0 aliphatic carbocycles. The summed E-state index contributed by atoms with van der Waals surface area (Å²) >= 11 is 0. The van der Waals surface area contributed by atoms with Crippen LogP contribution in [0.1, 0.15) is 24.5 Å². The fraction of sp³-hybridized carbons (Fsp3) is 0.318. The summed E-state index contributed by atoms with van der Waals surface area (Å²) < 4.78 is 10.5. The topological polar surface area (TPSA) is 84.9 Å². The molecule has 7 heteroatoms. The van der Waals surface area contributed by atoms with Crippen LogP contribution in [0.4, 0.5) is 11.4 Å². The minimum atomic E-state index is -0.521. The number of benzene rings is 2. The second-order valence-corrected chi connectivity index (χ2v) is 7.03. The van der Waals surface area contributed by atoms with E-state index in [2.05, 4.69) is 5.32 Å². The highest BCUT2D eigenvalue weighted by atomic mass is 16.5. The fourth-order valence-electron chi connectivity index (χ4n) is 3.43. The Labute approximate surface area is 169 Å². The van der Waals surface area contributed by atoms with Gasteiger partial charge in [-0.2, -0.15) is 0 Å². The van der Waals surface area contributed by atoms with Gasteiger partial charge in [-0.15, -0.1) is 0 Å². The van der Waals surface area contributed by atoms with Crippen LogP contribution in [0.2, 0.25) is 0 Å². The Balaban J connectivity index is 1.69. The SMILES string of the molecule is COc1ccc(C)cc1CC(=O)OCC(=O)N1c2ccccc2NC(=O)C[C@H]1C. The molecular weight excluding hydrogens is 372 g/mol. The van der Waals surface area contributed by atoms with Crippen LogP contribution in [0.25, 0.3) is 0 Å². The second kappa shape index (κ2) is 8.77. The first kappa shape index (κ1) is 20.4. The first-order chi connectivity index (χ1) is 13.9. The fourth-order valence-corrected chi connectivity index (χ4v) is 3.43. The minimum Gasteiger partial charge on any atom is -0.496 e. The van der Waals surface area contributed by atoms with E-state index in [9.17, 15) is 14.4 Å². The van der Waals surface area contributed by atoms with Gasteiger partial charge in [-0.1, -0.05) is 29.8 Å². The van der Waals surface area contributed by atoms with Gasteiger partial charge in [0.2, 0.25) is 5.91 Å². The molecule has 1 N–H and O–H groups in total. The number of amides is 2. The van der Waals surface area contributed by atoms with Crippen molar-refractivity contribution in [3.8, 4) is 5.75 Å². The number of anilines is 2. The smallest absolute Gasteiger partial charge is 0.310 e. The number of aryl methyl sites for hydroxylation is 1. The molecule has 29 heavy (non-hydrogen) atoms. The van der Waals surface area contributed by atoms with Gasteiger partial charge in [0.1, 0.15) is 5.75 Å². The van der Waals surface area contributed by atoms with Crippen molar-refractivity contribution in [2.24, 2.45) is 0 Å². The molecule has 0 aromatic heterocycles. The molecule has 2 amide bonds. The minimum absolute atomic E-state index is 0.00428. The zero-order valence-electron chi connectivity index (χ0n) is 16.7. The summed E-state index contributed by atoms with van der Waals surface area (Å²) in [6.07, 6.45) is 0.166. The number of rotatable bonds is 5. The molecule has 7 nitrogen and oxygen atoms in total. The Morgan fingerprint density at radius 2 is 1.97 bits per heavy atom. The summed E-state index contributed by atoms with van der Waals surface area (Å²) in [5.41, 5.74) is 2.85. The largest absolute Gasteiger partial charge is 0.496 e. The van der Waals surface area contributed by atoms with E-state index in [1.54, 1.807) is 37.3 Å². The molecule has 1 heterocycles. The highest BCUT2D eigenvalue weighted by molar-refractivity contribution is 6.05. The Bertz CT molecular complexity index is 941. The number of methoxy groups -OCH3 is 1. The van der Waals surface area contributed by atoms with Gasteiger partial charge >= 0.3 is 5.97 Å². The summed E-state index contributed by atoms with van der Waals surface area (Å²) in [5, 5.41) is 2.80. The number of carbonyl (C=O) groups is 3. The van der Waals surface area contributed by atoms with Crippen LogP contribution in [0.3, 0.4) is 0 Å². The van der Waals surface area contributed by atoms with Crippen molar-refractivity contribution in [2.45, 2.75) is 32.7 Å². The third-order valence-electron chi connectivity index (χ3n) is 4.76. The van der Waals surface area contributed by atoms with Crippen molar-refractivity contribution in [1.29, 1.82) is 0 Å². The maximum atomic E-state index is 12.8. The molecule has 2 aromatic carbocycles. The molecule has 1 aliphatic heterocycles. The average Bonchev–Trinajstić information content (AvgIpc) is 2.80. The zero-order valence-corrected chi connectivity index (χ0v) is 16.7. The predicted molar refractivity (Wildman–Crippen MR) is 109 cm³/mol. The molecule has 0 unspecified atom stereocenters. The third-order valence-corrected chi connectivity index (χ3v) is 4.76. The number of hydrogen-bond donors (Lipinski definition) is 1. The van der Waals surface area contributed by atoms with E-state index < -0.39 is 12.6 Å². The molecule has 1 aliphatic rings. The maximum Gasteiger partial charge on any atom is 0.310 e. The van der Waals surface area contributed by atoms with Crippen LogP contribution in [0.15, 0.2) is 42.5 Å². The number of hydrogen-bond acceptors (Lipinski definition) is 5. The third kappa shape index (κ3) is 4.74. The van der Waals surface area contributed by atoms with E-state index in [0.29, 0.717) is 22.7 Å². The molecule has 0 bridgehead atoms. The number of nitrogens with zero attached hydrogens (tertiary/aromatic N) is 1. The van der Waals surface area contributed by atoms with E-state index in [-0.39, 0.29) is 30.7 Å². The van der Waals surface area contributed by atoms with Crippen molar-refractivity contribution in [1.82, 2.24) is 0 Å². The molecule has 0 spiro atoms. The highest BCUT2D eigenvalue weighted by Crippen LogP contribution is 2.31. The lowest BCUT2D eigenvalue weighted by Crippen LogP contribution is -2.41. The van der Waals surface area contributed by atoms with Gasteiger partial charge in [-0.3, -0.25) is 14.4 Å². The number of fused-ring (bicyclic) bond motifs is 1. The quantitative estimate of drug-likeness (QED) is 0.786. The van der Waals surface area contributed by atoms with Gasteiger partial charge in [-0.25, -0.2) is 0 Å². The first-order valence-electron chi connectivity index (χ1n) is 9.39. The molecule has 3 rings (SSSR count). The van der Waals surface area contributed by atoms with E-state index in [4.69, 9.17) is 9.47 Å². The van der Waals surface area contributed by atoms with Crippen LogP contribution >= 0.6 is 0 Å². The molecule has 0 radical (unpaired) electrons. The summed E-state index contributed by atoms with van der Waals surface area (Å²) in [4.78, 5) is 38.7. The van der Waals surface area contributed by atoms with E-state index >= 15 is 0 Å². The normalized spacial score (nSPS) is 15.8. The number of ether oxygens (including phenoxy) is 2. The lowest BCUT2D eigenvalue weighted by Gasteiger charge is -2.27. The first-order valence-corrected chi connectivity index (χ1v) is 9.39. The second-order valence-electron chi connectivity index (χ2n) is 7.03. The van der Waals surface area contributed by atoms with Crippen molar-refractivity contribution >= 4 is 29.2 Å². The van der Waals surface area contributed by atoms with Crippen LogP contribution in [0, 0.1) is 6.92 Å². The summed E-state index contributed by atoms with van der Waals surface area (Å²) in [5.74, 6) is -0.472. The van der Waals surface area contributed by atoms with E-state index in [1.165, 1.54) is 12.0 Å². The summed E-state index contributed by atoms with van der Waals surface area (Å²) in [7, 11) is 1.54. The molecular formula is C22H24N2O5. The summed E-state index contributed by atoms with van der Waals surface area (Å²) in [6, 6.07) is 12.3. The van der Waals surface area contributed by atoms with Gasteiger partial charge in [0.15, 0.2) is 6.61 Å². The Hall–Kier alpha value is -3.35. The van der Waals surface area contributed by atoms with Crippen LogP contribution in [-0.4, -0.2) is 37.5 Å². The summed E-state index contributed by atoms with van der Waals surface area (Å²) in [6.45, 7) is 3.31. The standard InChI is InChI=1S/C22H24N2O5/c1-14-8-9-19(28-3)16(10-14)12-22(27)29-13-21(26)24-15(2)11-20(25)23-17-6-4-5-7-18(17)24/h4-10,15H,11-13H2,1-3H3,(H,23,25)/t15-/m1/s1. The van der Waals surface area contributed by atoms with Crippen molar-refractivity contribution < 1.29 is 23.9 Å². The zero-order chi connectivity index (χ0) is 21.0. The lowest BCUT2D eigenvalue weighted by atomic mass is 10.1. The molecule has 152 valence electrons. The van der Waals surface area contributed by atoms with Crippen LogP contribution in [0.5, 0.6) is 5.75 Å². The van der Waals surface area contributed by atoms with Gasteiger partial charge in [0.05, 0.1) is 24.9 Å². The predicted octanol–water partition coefficient (Wildman–Crippen LogP) is 2.85. The maximum absolute atomic E-state index is 12.8. The Morgan fingerprint density at radius 3 is 2.72 bits per heavy atom. The number of para-hydroxylation sites is 2. The average molecular weight is 396 g/mol. The molecule has 0 saturated carbocycles. The van der Waals surface area contributed by atoms with Crippen molar-refractivity contribution in [2.75, 3.05) is 23.9 Å².